The molecule has 2 nitrogen and oxygen atoms in total. The molecule has 1 aromatic rings. The van der Waals surface area contributed by atoms with Crippen LogP contribution in [0.4, 0.5) is 0 Å². The maximum absolute atomic E-state index is 5.72. The zero-order valence-corrected chi connectivity index (χ0v) is 8.13. The summed E-state index contributed by atoms with van der Waals surface area (Å²) in [6.07, 6.45) is 1.16. The summed E-state index contributed by atoms with van der Waals surface area (Å²) in [5.41, 5.74) is 9.42. The van der Waals surface area contributed by atoms with Gasteiger partial charge in [-0.15, -0.1) is 0 Å². The van der Waals surface area contributed by atoms with Crippen LogP contribution in [0.15, 0.2) is 12.1 Å². The molecule has 1 aliphatic rings. The first kappa shape index (κ1) is 8.57. The lowest BCUT2D eigenvalue weighted by Crippen LogP contribution is -2.24. The number of nitrogens with two attached hydrogens (primary N) is 1. The molecule has 1 aromatic carbocycles. The number of fused-ring (bicyclic) bond motifs is 1. The molecule has 0 saturated heterocycles. The summed E-state index contributed by atoms with van der Waals surface area (Å²) in [7, 11) is 0. The average molecular weight is 177 g/mol. The van der Waals surface area contributed by atoms with Crippen LogP contribution in [0.1, 0.15) is 16.7 Å². The Morgan fingerprint density at radius 2 is 2.23 bits per heavy atom. The molecule has 0 radical (unpaired) electrons. The second-order valence-electron chi connectivity index (χ2n) is 3.75. The normalized spacial score (nSPS) is 19.8. The van der Waals surface area contributed by atoms with Crippen molar-refractivity contribution in [1.82, 2.24) is 0 Å². The molecule has 0 saturated carbocycles. The predicted molar refractivity (Wildman–Crippen MR) is 53.1 cm³/mol. The fraction of sp³-hybridized carbons (Fsp3) is 0.455. The molecule has 1 heterocycles. The van der Waals surface area contributed by atoms with Gasteiger partial charge in [0.05, 0.1) is 0 Å². The summed E-state index contributed by atoms with van der Waals surface area (Å²) in [6, 6.07) is 4.34. The van der Waals surface area contributed by atoms with E-state index in [1.165, 1.54) is 16.7 Å². The van der Waals surface area contributed by atoms with E-state index in [2.05, 4.69) is 26.0 Å². The molecule has 2 rings (SSSR count). The molecular weight excluding hydrogens is 162 g/mol. The van der Waals surface area contributed by atoms with E-state index in [4.69, 9.17) is 10.5 Å². The molecule has 70 valence electrons. The molecule has 0 unspecified atom stereocenters. The highest BCUT2D eigenvalue weighted by molar-refractivity contribution is 5.46. The van der Waals surface area contributed by atoms with E-state index in [1.54, 1.807) is 0 Å². The van der Waals surface area contributed by atoms with E-state index in [-0.39, 0.29) is 6.10 Å². The van der Waals surface area contributed by atoms with Gasteiger partial charge in [0.15, 0.2) is 0 Å². The van der Waals surface area contributed by atoms with Crippen molar-refractivity contribution in [1.29, 1.82) is 0 Å². The summed E-state index contributed by atoms with van der Waals surface area (Å²) < 4.78 is 5.72. The first-order chi connectivity index (χ1) is 6.20. The summed E-state index contributed by atoms with van der Waals surface area (Å²) in [4.78, 5) is 0. The minimum absolute atomic E-state index is 0.190. The fourth-order valence-electron chi connectivity index (χ4n) is 1.95. The van der Waals surface area contributed by atoms with Gasteiger partial charge < -0.3 is 10.5 Å². The molecule has 0 spiro atoms. The fourth-order valence-corrected chi connectivity index (χ4v) is 1.95. The Bertz CT molecular complexity index is 333. The minimum Gasteiger partial charge on any atom is -0.488 e. The molecule has 0 amide bonds. The van der Waals surface area contributed by atoms with Crippen molar-refractivity contribution in [2.24, 2.45) is 5.73 Å². The molecule has 2 heteroatoms. The number of benzene rings is 1. The van der Waals surface area contributed by atoms with Gasteiger partial charge >= 0.3 is 0 Å². The Hall–Kier alpha value is -1.02. The van der Waals surface area contributed by atoms with Gasteiger partial charge in [0.25, 0.3) is 0 Å². The van der Waals surface area contributed by atoms with E-state index in [9.17, 15) is 0 Å². The van der Waals surface area contributed by atoms with E-state index >= 15 is 0 Å². The Morgan fingerprint density at radius 1 is 1.46 bits per heavy atom. The highest BCUT2D eigenvalue weighted by Crippen LogP contribution is 2.32. The number of ether oxygens (including phenoxy) is 1. The molecule has 0 fully saturated rings. The van der Waals surface area contributed by atoms with Crippen LogP contribution in [0.5, 0.6) is 5.75 Å². The maximum atomic E-state index is 5.72. The highest BCUT2D eigenvalue weighted by Gasteiger charge is 2.22. The zero-order valence-electron chi connectivity index (χ0n) is 8.13. The molecule has 1 aliphatic heterocycles. The summed E-state index contributed by atoms with van der Waals surface area (Å²) in [6.45, 7) is 4.81. The third kappa shape index (κ3) is 1.42. The smallest absolute Gasteiger partial charge is 0.126 e. The number of hydrogen-bond donors (Lipinski definition) is 1. The molecule has 1 atom stereocenters. The largest absolute Gasteiger partial charge is 0.488 e. The summed E-state index contributed by atoms with van der Waals surface area (Å²) >= 11 is 0. The van der Waals surface area contributed by atoms with Gasteiger partial charge in [-0.2, -0.15) is 0 Å². The first-order valence-corrected chi connectivity index (χ1v) is 4.67. The second-order valence-corrected chi connectivity index (χ2v) is 3.75. The molecular formula is C11H15NO. The summed E-state index contributed by atoms with van der Waals surface area (Å²) in [5, 5.41) is 0. The summed E-state index contributed by atoms with van der Waals surface area (Å²) in [5.74, 6) is 1.06. The lowest BCUT2D eigenvalue weighted by molar-refractivity contribution is 0.240. The van der Waals surface area contributed by atoms with Crippen molar-refractivity contribution in [3.05, 3.63) is 28.8 Å². The molecule has 13 heavy (non-hydrogen) atoms. The van der Waals surface area contributed by atoms with Crippen LogP contribution in [0.3, 0.4) is 0 Å². The van der Waals surface area contributed by atoms with Gasteiger partial charge in [-0.25, -0.2) is 0 Å². The highest BCUT2D eigenvalue weighted by atomic mass is 16.5. The van der Waals surface area contributed by atoms with E-state index in [1.807, 2.05) is 0 Å². The second kappa shape index (κ2) is 3.04. The van der Waals surface area contributed by atoms with Gasteiger partial charge in [0.2, 0.25) is 0 Å². The van der Waals surface area contributed by atoms with Crippen molar-refractivity contribution in [2.75, 3.05) is 6.54 Å². The van der Waals surface area contributed by atoms with Gasteiger partial charge in [0.1, 0.15) is 11.9 Å². The van der Waals surface area contributed by atoms with Crippen LogP contribution in [0.2, 0.25) is 0 Å². The van der Waals surface area contributed by atoms with Crippen molar-refractivity contribution >= 4 is 0 Å². The van der Waals surface area contributed by atoms with Gasteiger partial charge in [-0.3, -0.25) is 0 Å². The van der Waals surface area contributed by atoms with Crippen molar-refractivity contribution < 1.29 is 4.74 Å². The van der Waals surface area contributed by atoms with Crippen LogP contribution in [-0.4, -0.2) is 12.6 Å². The molecule has 0 bridgehead atoms. The van der Waals surface area contributed by atoms with Crippen LogP contribution >= 0.6 is 0 Å². The Morgan fingerprint density at radius 3 is 2.92 bits per heavy atom. The predicted octanol–water partition coefficient (Wildman–Crippen LogP) is 1.57. The van der Waals surface area contributed by atoms with E-state index < -0.39 is 0 Å². The third-order valence-corrected chi connectivity index (χ3v) is 2.49. The van der Waals surface area contributed by atoms with Crippen LogP contribution in [0.25, 0.3) is 0 Å². The average Bonchev–Trinajstić information content (AvgIpc) is 2.47. The van der Waals surface area contributed by atoms with E-state index in [0.717, 1.165) is 12.2 Å². The third-order valence-electron chi connectivity index (χ3n) is 2.49. The van der Waals surface area contributed by atoms with Crippen molar-refractivity contribution in [3.8, 4) is 5.75 Å². The van der Waals surface area contributed by atoms with Crippen LogP contribution < -0.4 is 10.5 Å². The van der Waals surface area contributed by atoms with Crippen molar-refractivity contribution in [2.45, 2.75) is 26.4 Å². The Labute approximate surface area is 78.7 Å². The Balaban J connectivity index is 2.40. The maximum Gasteiger partial charge on any atom is 0.126 e. The zero-order chi connectivity index (χ0) is 9.42. The quantitative estimate of drug-likeness (QED) is 0.706. The van der Waals surface area contributed by atoms with E-state index in [0.29, 0.717) is 6.54 Å². The Kier molecular flexibility index (Phi) is 2.00. The van der Waals surface area contributed by atoms with Crippen LogP contribution in [-0.2, 0) is 6.42 Å². The SMILES string of the molecule is Cc1cc(C)c2c(c1)C[C@H](CN)O2. The number of rotatable bonds is 1. The number of aryl methyl sites for hydroxylation is 2. The lowest BCUT2D eigenvalue weighted by atomic mass is 10.0. The molecule has 2 N–H and O–H groups in total. The van der Waals surface area contributed by atoms with Crippen molar-refractivity contribution in [3.63, 3.8) is 0 Å². The molecule has 0 aliphatic carbocycles. The van der Waals surface area contributed by atoms with Gasteiger partial charge in [-0.1, -0.05) is 17.7 Å². The lowest BCUT2D eigenvalue weighted by Gasteiger charge is -2.08. The van der Waals surface area contributed by atoms with Gasteiger partial charge in [-0.05, 0) is 25.0 Å². The first-order valence-electron chi connectivity index (χ1n) is 4.67. The standard InChI is InChI=1S/C11H15NO/c1-7-3-8(2)11-9(4-7)5-10(6-12)13-11/h3-4,10H,5-6,12H2,1-2H3/t10-/m1/s1. The molecule has 0 aromatic heterocycles. The monoisotopic (exact) mass is 177 g/mol. The number of hydrogen-bond acceptors (Lipinski definition) is 2. The van der Waals surface area contributed by atoms with Gasteiger partial charge in [0, 0.05) is 13.0 Å². The topological polar surface area (TPSA) is 35.2 Å². The van der Waals surface area contributed by atoms with Crippen LogP contribution in [0, 0.1) is 13.8 Å². The minimum atomic E-state index is 0.190.